The summed E-state index contributed by atoms with van der Waals surface area (Å²) in [5.74, 6) is -0.273. The summed E-state index contributed by atoms with van der Waals surface area (Å²) in [6.45, 7) is 2.62. The van der Waals surface area contributed by atoms with Crippen LogP contribution in [0.1, 0.15) is 24.8 Å². The maximum absolute atomic E-state index is 11.8. The molecule has 0 N–H and O–H groups in total. The molecule has 96 valence electrons. The monoisotopic (exact) mass is 246 g/mol. The smallest absolute Gasteiger partial charge is 0.334 e. The lowest BCUT2D eigenvalue weighted by Crippen LogP contribution is -2.22. The molecule has 3 nitrogen and oxygen atoms in total. The molecule has 0 saturated carbocycles. The fourth-order valence-electron chi connectivity index (χ4n) is 2.47. The molecule has 0 spiro atoms. The zero-order valence-corrected chi connectivity index (χ0v) is 10.8. The standard InChI is InChI=1S/C15H18O3/c1-3-18-13-10-9-12(15(16)17-2)14(13)11-7-5-4-6-8-11/h4-9,13-14H,3,10H2,1-2H3/t13-,14+/m0/s1. The van der Waals surface area contributed by atoms with Gasteiger partial charge in [0.2, 0.25) is 0 Å². The Morgan fingerprint density at radius 2 is 2.06 bits per heavy atom. The fraction of sp³-hybridized carbons (Fsp3) is 0.400. The molecule has 1 aromatic rings. The van der Waals surface area contributed by atoms with Gasteiger partial charge in [-0.05, 0) is 18.9 Å². The van der Waals surface area contributed by atoms with Crippen LogP contribution < -0.4 is 0 Å². The lowest BCUT2D eigenvalue weighted by molar-refractivity contribution is -0.136. The Hall–Kier alpha value is -1.61. The predicted octanol–water partition coefficient (Wildman–Crippen LogP) is 2.68. The summed E-state index contributed by atoms with van der Waals surface area (Å²) in [6.07, 6.45) is 2.73. The molecule has 18 heavy (non-hydrogen) atoms. The highest BCUT2D eigenvalue weighted by molar-refractivity contribution is 5.91. The van der Waals surface area contributed by atoms with Crippen LogP contribution in [-0.4, -0.2) is 25.8 Å². The van der Waals surface area contributed by atoms with Gasteiger partial charge in [-0.1, -0.05) is 36.4 Å². The molecule has 0 heterocycles. The average molecular weight is 246 g/mol. The second kappa shape index (κ2) is 5.83. The van der Waals surface area contributed by atoms with Gasteiger partial charge in [0.15, 0.2) is 0 Å². The van der Waals surface area contributed by atoms with Crippen LogP contribution >= 0.6 is 0 Å². The molecular formula is C15H18O3. The van der Waals surface area contributed by atoms with Gasteiger partial charge in [0.25, 0.3) is 0 Å². The van der Waals surface area contributed by atoms with E-state index < -0.39 is 0 Å². The Balaban J connectivity index is 2.30. The summed E-state index contributed by atoms with van der Waals surface area (Å²) in [4.78, 5) is 11.8. The molecule has 0 radical (unpaired) electrons. The molecule has 3 heteroatoms. The molecule has 1 aliphatic rings. The Labute approximate surface area is 107 Å². The largest absolute Gasteiger partial charge is 0.466 e. The second-order valence-electron chi connectivity index (χ2n) is 4.27. The number of carbonyl (C=O) groups is 1. The van der Waals surface area contributed by atoms with Crippen LogP contribution in [0.3, 0.4) is 0 Å². The molecule has 2 rings (SSSR count). The van der Waals surface area contributed by atoms with E-state index in [9.17, 15) is 4.79 Å². The van der Waals surface area contributed by atoms with E-state index in [1.807, 2.05) is 43.3 Å². The highest BCUT2D eigenvalue weighted by atomic mass is 16.5. The van der Waals surface area contributed by atoms with Crippen LogP contribution in [0.15, 0.2) is 42.0 Å². The minimum atomic E-state index is -0.258. The van der Waals surface area contributed by atoms with Gasteiger partial charge in [-0.3, -0.25) is 0 Å². The summed E-state index contributed by atoms with van der Waals surface area (Å²) in [5.41, 5.74) is 1.81. The molecule has 0 saturated heterocycles. The van der Waals surface area contributed by atoms with Gasteiger partial charge in [-0.15, -0.1) is 0 Å². The molecule has 1 aromatic carbocycles. The first-order chi connectivity index (χ1) is 8.77. The van der Waals surface area contributed by atoms with Gasteiger partial charge in [-0.2, -0.15) is 0 Å². The first-order valence-electron chi connectivity index (χ1n) is 6.22. The van der Waals surface area contributed by atoms with Crippen molar-refractivity contribution in [3.63, 3.8) is 0 Å². The Kier molecular flexibility index (Phi) is 4.15. The van der Waals surface area contributed by atoms with Crippen molar-refractivity contribution in [2.45, 2.75) is 25.4 Å². The maximum Gasteiger partial charge on any atom is 0.334 e. The highest BCUT2D eigenvalue weighted by Gasteiger charge is 2.35. The zero-order chi connectivity index (χ0) is 13.0. The van der Waals surface area contributed by atoms with Crippen LogP contribution in [0.2, 0.25) is 0 Å². The van der Waals surface area contributed by atoms with Crippen molar-refractivity contribution < 1.29 is 14.3 Å². The molecule has 0 bridgehead atoms. The molecule has 0 aromatic heterocycles. The summed E-state index contributed by atoms with van der Waals surface area (Å²) in [7, 11) is 1.42. The van der Waals surface area contributed by atoms with Crippen molar-refractivity contribution in [3.05, 3.63) is 47.5 Å². The van der Waals surface area contributed by atoms with Crippen LogP contribution in [-0.2, 0) is 14.3 Å². The third-order valence-electron chi connectivity index (χ3n) is 3.24. The minimum Gasteiger partial charge on any atom is -0.466 e. The minimum absolute atomic E-state index is 0.0152. The van der Waals surface area contributed by atoms with Gasteiger partial charge in [0.05, 0.1) is 13.2 Å². The predicted molar refractivity (Wildman–Crippen MR) is 69.3 cm³/mol. The van der Waals surface area contributed by atoms with Gasteiger partial charge in [0, 0.05) is 18.1 Å². The van der Waals surface area contributed by atoms with E-state index in [1.165, 1.54) is 7.11 Å². The van der Waals surface area contributed by atoms with Crippen LogP contribution in [0.4, 0.5) is 0 Å². The maximum atomic E-state index is 11.8. The van der Waals surface area contributed by atoms with E-state index in [-0.39, 0.29) is 18.0 Å². The van der Waals surface area contributed by atoms with E-state index in [1.54, 1.807) is 0 Å². The van der Waals surface area contributed by atoms with Crippen LogP contribution in [0, 0.1) is 0 Å². The van der Waals surface area contributed by atoms with E-state index in [2.05, 4.69) is 0 Å². The van der Waals surface area contributed by atoms with Crippen molar-refractivity contribution in [2.24, 2.45) is 0 Å². The van der Waals surface area contributed by atoms with Crippen molar-refractivity contribution in [2.75, 3.05) is 13.7 Å². The summed E-state index contributed by atoms with van der Waals surface area (Å²) >= 11 is 0. The van der Waals surface area contributed by atoms with Crippen LogP contribution in [0.5, 0.6) is 0 Å². The topological polar surface area (TPSA) is 35.5 Å². The van der Waals surface area contributed by atoms with Gasteiger partial charge >= 0.3 is 5.97 Å². The number of ether oxygens (including phenoxy) is 2. The molecule has 0 unspecified atom stereocenters. The number of methoxy groups -OCH3 is 1. The number of rotatable bonds is 4. The number of hydrogen-bond donors (Lipinski definition) is 0. The van der Waals surface area contributed by atoms with Crippen molar-refractivity contribution >= 4 is 5.97 Å². The van der Waals surface area contributed by atoms with E-state index >= 15 is 0 Å². The average Bonchev–Trinajstić information content (AvgIpc) is 2.83. The molecule has 1 aliphatic carbocycles. The highest BCUT2D eigenvalue weighted by Crippen LogP contribution is 2.37. The summed E-state index contributed by atoms with van der Waals surface area (Å²) < 4.78 is 10.6. The third kappa shape index (κ3) is 2.46. The summed E-state index contributed by atoms with van der Waals surface area (Å²) in [6, 6.07) is 9.98. The number of carbonyl (C=O) groups excluding carboxylic acids is 1. The van der Waals surface area contributed by atoms with Gasteiger partial charge in [0.1, 0.15) is 0 Å². The van der Waals surface area contributed by atoms with E-state index in [0.717, 1.165) is 12.0 Å². The molecule has 0 amide bonds. The zero-order valence-electron chi connectivity index (χ0n) is 10.8. The van der Waals surface area contributed by atoms with Crippen LogP contribution in [0.25, 0.3) is 0 Å². The first-order valence-corrected chi connectivity index (χ1v) is 6.22. The number of hydrogen-bond acceptors (Lipinski definition) is 3. The number of esters is 1. The molecule has 0 fully saturated rings. The normalized spacial score (nSPS) is 22.7. The molecule has 0 aliphatic heterocycles. The lowest BCUT2D eigenvalue weighted by Gasteiger charge is -2.22. The van der Waals surface area contributed by atoms with Gasteiger partial charge < -0.3 is 9.47 Å². The first kappa shape index (κ1) is 12.8. The molecular weight excluding hydrogens is 228 g/mol. The summed E-state index contributed by atoms with van der Waals surface area (Å²) in [5, 5.41) is 0. The molecule has 2 atom stereocenters. The van der Waals surface area contributed by atoms with E-state index in [4.69, 9.17) is 9.47 Å². The van der Waals surface area contributed by atoms with Crippen molar-refractivity contribution in [1.29, 1.82) is 0 Å². The van der Waals surface area contributed by atoms with Gasteiger partial charge in [-0.25, -0.2) is 4.79 Å². The van der Waals surface area contributed by atoms with Crippen molar-refractivity contribution in [1.82, 2.24) is 0 Å². The van der Waals surface area contributed by atoms with Crippen molar-refractivity contribution in [3.8, 4) is 0 Å². The fourth-order valence-corrected chi connectivity index (χ4v) is 2.47. The Morgan fingerprint density at radius 1 is 1.33 bits per heavy atom. The SMILES string of the molecule is CCO[C@H]1CC=C(C(=O)OC)[C@H]1c1ccccc1. The Bertz CT molecular complexity index is 436. The Morgan fingerprint density at radius 3 is 2.67 bits per heavy atom. The lowest BCUT2D eigenvalue weighted by atomic mass is 9.90. The quantitative estimate of drug-likeness (QED) is 0.766. The third-order valence-corrected chi connectivity index (χ3v) is 3.24. The number of benzene rings is 1. The second-order valence-corrected chi connectivity index (χ2v) is 4.27. The van der Waals surface area contributed by atoms with E-state index in [0.29, 0.717) is 12.2 Å².